The van der Waals surface area contributed by atoms with Gasteiger partial charge in [0.25, 0.3) is 0 Å². The zero-order valence-corrected chi connectivity index (χ0v) is 33.7. The smallest absolute Gasteiger partial charge is 0.160 e. The zero-order valence-electron chi connectivity index (χ0n) is 33.7. The fourth-order valence-electron chi connectivity index (χ4n) is 10.7. The highest BCUT2D eigenvalue weighted by Crippen LogP contribution is 2.63. The summed E-state index contributed by atoms with van der Waals surface area (Å²) >= 11 is 0. The Morgan fingerprint density at radius 2 is 0.823 bits per heavy atom. The standard InChI is InChI=1S/C59H37N3/c1-4-18-38(19-5-1)53-37-54(39-20-6-2-7-21-39)61-58(60-53)41-34-48(57-47-27-13-17-31-55(47)62(56(57)36-41)42-22-8-3-9-23-42)40-32-33-46-45-26-12-16-30-51(45)59(52(46)35-40)49-28-14-10-24-43(49)44-25-11-15-29-50(44)59/h1-37H. The van der Waals surface area contributed by atoms with Crippen molar-refractivity contribution in [2.75, 3.05) is 0 Å². The molecule has 0 N–H and O–H groups in total. The van der Waals surface area contributed by atoms with Crippen molar-refractivity contribution in [2.45, 2.75) is 5.41 Å². The number of benzene rings is 9. The number of hydrogen-bond acceptors (Lipinski definition) is 2. The predicted molar refractivity (Wildman–Crippen MR) is 254 cm³/mol. The molecule has 288 valence electrons. The lowest BCUT2D eigenvalue weighted by Crippen LogP contribution is -2.25. The molecular formula is C59H37N3. The third-order valence-corrected chi connectivity index (χ3v) is 13.2. The average molecular weight is 788 g/mol. The van der Waals surface area contributed by atoms with Gasteiger partial charge >= 0.3 is 0 Å². The van der Waals surface area contributed by atoms with E-state index in [0.717, 1.165) is 55.9 Å². The first-order valence-corrected chi connectivity index (χ1v) is 21.3. The average Bonchev–Trinajstić information content (AvgIpc) is 3.96. The molecule has 62 heavy (non-hydrogen) atoms. The Hall–Kier alpha value is -8.14. The number of fused-ring (bicyclic) bond motifs is 13. The van der Waals surface area contributed by atoms with Gasteiger partial charge in [-0.2, -0.15) is 0 Å². The molecule has 0 unspecified atom stereocenters. The predicted octanol–water partition coefficient (Wildman–Crippen LogP) is 14.6. The molecule has 3 nitrogen and oxygen atoms in total. The summed E-state index contributed by atoms with van der Waals surface area (Å²) in [4.78, 5) is 10.7. The van der Waals surface area contributed by atoms with Gasteiger partial charge in [0.1, 0.15) is 0 Å². The number of nitrogens with zero attached hydrogens (tertiary/aromatic N) is 3. The minimum Gasteiger partial charge on any atom is -0.309 e. The Morgan fingerprint density at radius 3 is 1.42 bits per heavy atom. The lowest BCUT2D eigenvalue weighted by molar-refractivity contribution is 0.794. The van der Waals surface area contributed by atoms with Crippen LogP contribution in [-0.4, -0.2) is 14.5 Å². The Kier molecular flexibility index (Phi) is 7.52. The number of aromatic nitrogens is 3. The number of rotatable bonds is 5. The maximum absolute atomic E-state index is 5.37. The van der Waals surface area contributed by atoms with Crippen LogP contribution in [0.25, 0.3) is 94.8 Å². The van der Waals surface area contributed by atoms with E-state index in [1.165, 1.54) is 55.3 Å². The Labute approximate surface area is 359 Å². The van der Waals surface area contributed by atoms with Gasteiger partial charge in [-0.15, -0.1) is 0 Å². The summed E-state index contributed by atoms with van der Waals surface area (Å²) in [6, 6.07) is 81.5. The molecule has 2 aromatic heterocycles. The van der Waals surface area contributed by atoms with Crippen molar-refractivity contribution in [3.05, 3.63) is 247 Å². The highest BCUT2D eigenvalue weighted by atomic mass is 15.0. The summed E-state index contributed by atoms with van der Waals surface area (Å²) in [5, 5.41) is 2.40. The molecule has 0 saturated carbocycles. The van der Waals surface area contributed by atoms with E-state index in [2.05, 4.69) is 217 Å². The van der Waals surface area contributed by atoms with Gasteiger partial charge in [0.2, 0.25) is 0 Å². The van der Waals surface area contributed by atoms with Gasteiger partial charge in [0.15, 0.2) is 5.82 Å². The number of para-hydroxylation sites is 2. The normalized spacial score (nSPS) is 13.0. The Balaban J connectivity index is 1.13. The fraction of sp³-hybridized carbons (Fsp3) is 0.0169. The molecule has 0 amide bonds. The van der Waals surface area contributed by atoms with Gasteiger partial charge in [-0.3, -0.25) is 0 Å². The summed E-state index contributed by atoms with van der Waals surface area (Å²) < 4.78 is 2.41. The molecule has 13 rings (SSSR count). The van der Waals surface area contributed by atoms with Crippen LogP contribution in [0.2, 0.25) is 0 Å². The van der Waals surface area contributed by atoms with Crippen molar-refractivity contribution in [1.29, 1.82) is 0 Å². The Morgan fingerprint density at radius 1 is 0.323 bits per heavy atom. The maximum Gasteiger partial charge on any atom is 0.160 e. The topological polar surface area (TPSA) is 30.7 Å². The van der Waals surface area contributed by atoms with Crippen LogP contribution < -0.4 is 0 Å². The van der Waals surface area contributed by atoms with E-state index in [4.69, 9.17) is 9.97 Å². The Bertz CT molecular complexity index is 3450. The third-order valence-electron chi connectivity index (χ3n) is 13.2. The van der Waals surface area contributed by atoms with Gasteiger partial charge in [0, 0.05) is 33.2 Å². The second-order valence-corrected chi connectivity index (χ2v) is 16.4. The minimum absolute atomic E-state index is 0.457. The minimum atomic E-state index is -0.457. The van der Waals surface area contributed by atoms with Crippen LogP contribution in [-0.2, 0) is 5.41 Å². The van der Waals surface area contributed by atoms with Gasteiger partial charge in [0.05, 0.1) is 27.8 Å². The fourth-order valence-corrected chi connectivity index (χ4v) is 10.7. The zero-order chi connectivity index (χ0) is 40.8. The molecule has 9 aromatic carbocycles. The van der Waals surface area contributed by atoms with Crippen molar-refractivity contribution in [3.63, 3.8) is 0 Å². The summed E-state index contributed by atoms with van der Waals surface area (Å²) in [6.07, 6.45) is 0. The van der Waals surface area contributed by atoms with Crippen LogP contribution in [0.3, 0.4) is 0 Å². The van der Waals surface area contributed by atoms with E-state index in [9.17, 15) is 0 Å². The molecule has 2 aliphatic carbocycles. The lowest BCUT2D eigenvalue weighted by atomic mass is 9.70. The summed E-state index contributed by atoms with van der Waals surface area (Å²) in [5.74, 6) is 0.682. The largest absolute Gasteiger partial charge is 0.309 e. The van der Waals surface area contributed by atoms with E-state index in [1.807, 2.05) is 12.1 Å². The molecule has 11 aromatic rings. The quantitative estimate of drug-likeness (QED) is 0.174. The van der Waals surface area contributed by atoms with Gasteiger partial charge in [-0.05, 0) is 98.1 Å². The highest BCUT2D eigenvalue weighted by molar-refractivity contribution is 6.17. The summed E-state index contributed by atoms with van der Waals surface area (Å²) in [7, 11) is 0. The van der Waals surface area contributed by atoms with E-state index in [0.29, 0.717) is 5.82 Å². The highest BCUT2D eigenvalue weighted by Gasteiger charge is 2.51. The molecular weight excluding hydrogens is 751 g/mol. The summed E-state index contributed by atoms with van der Waals surface area (Å²) in [6.45, 7) is 0. The van der Waals surface area contributed by atoms with Crippen molar-refractivity contribution >= 4 is 21.8 Å². The second-order valence-electron chi connectivity index (χ2n) is 16.4. The lowest BCUT2D eigenvalue weighted by Gasteiger charge is -2.30. The van der Waals surface area contributed by atoms with E-state index in [-0.39, 0.29) is 0 Å². The first kappa shape index (κ1) is 34.7. The third kappa shape index (κ3) is 4.94. The summed E-state index contributed by atoms with van der Waals surface area (Å²) in [5.41, 5.74) is 20.5. The van der Waals surface area contributed by atoms with Crippen molar-refractivity contribution < 1.29 is 0 Å². The molecule has 0 fully saturated rings. The molecule has 0 bridgehead atoms. The van der Waals surface area contributed by atoms with Crippen LogP contribution in [0, 0.1) is 0 Å². The molecule has 1 spiro atoms. The van der Waals surface area contributed by atoms with Crippen LogP contribution in [0.15, 0.2) is 224 Å². The van der Waals surface area contributed by atoms with Gasteiger partial charge < -0.3 is 4.57 Å². The molecule has 2 heterocycles. The van der Waals surface area contributed by atoms with Crippen LogP contribution >= 0.6 is 0 Å². The van der Waals surface area contributed by atoms with E-state index in [1.54, 1.807) is 0 Å². The van der Waals surface area contributed by atoms with Crippen LogP contribution in [0.5, 0.6) is 0 Å². The van der Waals surface area contributed by atoms with Gasteiger partial charge in [-0.1, -0.05) is 182 Å². The van der Waals surface area contributed by atoms with Crippen LogP contribution in [0.1, 0.15) is 22.3 Å². The van der Waals surface area contributed by atoms with E-state index >= 15 is 0 Å². The van der Waals surface area contributed by atoms with Crippen LogP contribution in [0.4, 0.5) is 0 Å². The first-order chi connectivity index (χ1) is 30.8. The SMILES string of the molecule is c1ccc(-c2cc(-c3ccccc3)nc(-c3cc(-c4ccc5c(c4)C4(c6ccccc6-c6ccccc64)c4ccccc4-5)c4c5ccccc5n(-c5ccccc5)c4c3)n2)cc1. The molecule has 0 radical (unpaired) electrons. The molecule has 0 aliphatic heterocycles. The molecule has 2 aliphatic rings. The molecule has 0 saturated heterocycles. The first-order valence-electron chi connectivity index (χ1n) is 21.3. The van der Waals surface area contributed by atoms with Crippen molar-refractivity contribution in [2.24, 2.45) is 0 Å². The van der Waals surface area contributed by atoms with Gasteiger partial charge in [-0.25, -0.2) is 9.97 Å². The van der Waals surface area contributed by atoms with Crippen molar-refractivity contribution in [1.82, 2.24) is 14.5 Å². The molecule has 0 atom stereocenters. The second kappa shape index (κ2) is 13.4. The van der Waals surface area contributed by atoms with E-state index < -0.39 is 5.41 Å². The maximum atomic E-state index is 5.37. The number of hydrogen-bond donors (Lipinski definition) is 0. The van der Waals surface area contributed by atoms with Crippen molar-refractivity contribution in [3.8, 4) is 73.0 Å². The molecule has 3 heteroatoms. The monoisotopic (exact) mass is 787 g/mol.